The fourth-order valence-electron chi connectivity index (χ4n) is 3.19. The highest BCUT2D eigenvalue weighted by molar-refractivity contribution is 7.86. The Morgan fingerprint density at radius 3 is 1.27 bits per heavy atom. The number of rotatable bonds is 16. The molecule has 134 valence electrons. The van der Waals surface area contributed by atoms with Crippen LogP contribution in [0.1, 0.15) is 118 Å². The Kier molecular flexibility index (Phi) is 16.1. The molecule has 0 rings (SSSR count). The van der Waals surface area contributed by atoms with Crippen LogP contribution >= 0.6 is 0 Å². The summed E-state index contributed by atoms with van der Waals surface area (Å²) in [6.07, 6.45) is 17.8. The van der Waals surface area contributed by atoms with Gasteiger partial charge in [0.2, 0.25) is 0 Å². The average Bonchev–Trinajstić information content (AvgIpc) is 2.54. The molecule has 0 N–H and O–H groups in total. The van der Waals surface area contributed by atoms with Crippen molar-refractivity contribution in [2.45, 2.75) is 128 Å². The van der Waals surface area contributed by atoms with Crippen LogP contribution in [0.4, 0.5) is 0 Å². The lowest BCUT2D eigenvalue weighted by Gasteiger charge is -2.22. The Bertz CT molecular complexity index is 228. The summed E-state index contributed by atoms with van der Waals surface area (Å²) in [5.74, 6) is 0. The zero-order valence-electron chi connectivity index (χ0n) is 15.9. The van der Waals surface area contributed by atoms with Gasteiger partial charge in [0.05, 0.1) is 0 Å². The van der Waals surface area contributed by atoms with E-state index in [-0.39, 0.29) is 0 Å². The summed E-state index contributed by atoms with van der Waals surface area (Å²) in [4.78, 5) is 0. The van der Waals surface area contributed by atoms with E-state index in [4.69, 9.17) is 0 Å². The van der Waals surface area contributed by atoms with Crippen LogP contribution in [0, 0.1) is 0 Å². The van der Waals surface area contributed by atoms with Crippen LogP contribution in [0.25, 0.3) is 0 Å². The number of unbranched alkanes of at least 4 members (excludes halogenated alkanes) is 8. The predicted molar refractivity (Wildman–Crippen MR) is 103 cm³/mol. The maximum atomic E-state index is 12.9. The standard InChI is InChI=1S/C20H42OS/c1-5-9-11-13-15-17-19(7-3)22(21)20(8-4)18-16-14-12-10-6-2/h19-20H,5-18H2,1-4H3. The topological polar surface area (TPSA) is 17.1 Å². The predicted octanol–water partition coefficient (Wildman–Crippen LogP) is 7.01. The van der Waals surface area contributed by atoms with Gasteiger partial charge in [-0.1, -0.05) is 91.9 Å². The molecular formula is C20H42OS. The van der Waals surface area contributed by atoms with Gasteiger partial charge in [0.15, 0.2) is 0 Å². The molecule has 0 aliphatic heterocycles. The summed E-state index contributed by atoms with van der Waals surface area (Å²) >= 11 is 0. The van der Waals surface area contributed by atoms with Crippen molar-refractivity contribution in [1.82, 2.24) is 0 Å². The molecule has 0 fully saturated rings. The quantitative estimate of drug-likeness (QED) is 0.278. The fourth-order valence-corrected chi connectivity index (χ4v) is 5.19. The monoisotopic (exact) mass is 330 g/mol. The van der Waals surface area contributed by atoms with Gasteiger partial charge in [0.1, 0.15) is 0 Å². The van der Waals surface area contributed by atoms with Crippen LogP contribution in [0.15, 0.2) is 0 Å². The maximum absolute atomic E-state index is 12.9. The summed E-state index contributed by atoms with van der Waals surface area (Å²) in [7, 11) is -0.610. The largest absolute Gasteiger partial charge is 0.259 e. The van der Waals surface area contributed by atoms with Crippen LogP contribution in [0.5, 0.6) is 0 Å². The van der Waals surface area contributed by atoms with Gasteiger partial charge in [-0.3, -0.25) is 4.21 Å². The first-order chi connectivity index (χ1) is 10.7. The Labute approximate surface area is 143 Å². The minimum absolute atomic E-state index is 0.446. The van der Waals surface area contributed by atoms with Gasteiger partial charge >= 0.3 is 0 Å². The molecule has 0 aromatic rings. The van der Waals surface area contributed by atoms with Crippen LogP contribution in [0.2, 0.25) is 0 Å². The molecule has 0 aliphatic carbocycles. The summed E-state index contributed by atoms with van der Waals surface area (Å²) in [6, 6.07) is 0. The number of hydrogen-bond acceptors (Lipinski definition) is 1. The molecule has 2 atom stereocenters. The molecule has 0 aliphatic rings. The first-order valence-corrected chi connectivity index (χ1v) is 11.4. The summed E-state index contributed by atoms with van der Waals surface area (Å²) in [6.45, 7) is 8.97. The van der Waals surface area contributed by atoms with Crippen molar-refractivity contribution in [2.24, 2.45) is 0 Å². The lowest BCUT2D eigenvalue weighted by atomic mass is 10.1. The van der Waals surface area contributed by atoms with E-state index in [9.17, 15) is 4.21 Å². The van der Waals surface area contributed by atoms with Gasteiger partial charge in [-0.15, -0.1) is 0 Å². The second-order valence-corrected chi connectivity index (χ2v) is 8.79. The molecule has 0 heterocycles. The fraction of sp³-hybridized carbons (Fsp3) is 1.00. The van der Waals surface area contributed by atoms with Gasteiger partial charge in [-0.25, -0.2) is 0 Å². The van der Waals surface area contributed by atoms with Crippen LogP contribution in [-0.2, 0) is 10.8 Å². The highest BCUT2D eigenvalue weighted by Crippen LogP contribution is 2.22. The van der Waals surface area contributed by atoms with Crippen molar-refractivity contribution in [1.29, 1.82) is 0 Å². The highest BCUT2D eigenvalue weighted by Gasteiger charge is 2.22. The van der Waals surface area contributed by atoms with Crippen molar-refractivity contribution >= 4 is 10.8 Å². The van der Waals surface area contributed by atoms with Gasteiger partial charge in [0.25, 0.3) is 0 Å². The first-order valence-electron chi connectivity index (χ1n) is 10.1. The molecule has 1 nitrogen and oxygen atoms in total. The Morgan fingerprint density at radius 1 is 0.591 bits per heavy atom. The van der Waals surface area contributed by atoms with E-state index in [2.05, 4.69) is 27.7 Å². The second kappa shape index (κ2) is 16.0. The van der Waals surface area contributed by atoms with Crippen LogP contribution in [-0.4, -0.2) is 14.7 Å². The molecule has 0 amide bonds. The minimum atomic E-state index is -0.610. The lowest BCUT2D eigenvalue weighted by Crippen LogP contribution is -2.25. The third kappa shape index (κ3) is 10.8. The number of hydrogen-bond donors (Lipinski definition) is 0. The Morgan fingerprint density at radius 2 is 0.955 bits per heavy atom. The van der Waals surface area contributed by atoms with Crippen LogP contribution < -0.4 is 0 Å². The zero-order valence-corrected chi connectivity index (χ0v) is 16.7. The summed E-state index contributed by atoms with van der Waals surface area (Å²) < 4.78 is 12.9. The smallest absolute Gasteiger partial charge is 0.0348 e. The molecule has 22 heavy (non-hydrogen) atoms. The molecule has 0 saturated heterocycles. The van der Waals surface area contributed by atoms with Crippen molar-refractivity contribution in [3.05, 3.63) is 0 Å². The van der Waals surface area contributed by atoms with Crippen molar-refractivity contribution in [3.8, 4) is 0 Å². The summed E-state index contributed by atoms with van der Waals surface area (Å²) in [5, 5.41) is 0.893. The van der Waals surface area contributed by atoms with E-state index in [0.717, 1.165) is 12.8 Å². The third-order valence-electron chi connectivity index (χ3n) is 4.83. The Balaban J connectivity index is 4.04. The molecule has 0 aromatic heterocycles. The molecular weight excluding hydrogens is 288 g/mol. The van der Waals surface area contributed by atoms with Gasteiger partial charge < -0.3 is 0 Å². The Hall–Kier alpha value is 0.150. The maximum Gasteiger partial charge on any atom is 0.0348 e. The molecule has 2 heteroatoms. The lowest BCUT2D eigenvalue weighted by molar-refractivity contribution is 0.557. The average molecular weight is 331 g/mol. The second-order valence-electron chi connectivity index (χ2n) is 6.79. The van der Waals surface area contributed by atoms with E-state index in [1.807, 2.05) is 0 Å². The molecule has 0 saturated carbocycles. The molecule has 0 spiro atoms. The van der Waals surface area contributed by atoms with E-state index >= 15 is 0 Å². The van der Waals surface area contributed by atoms with Gasteiger partial charge in [-0.05, 0) is 25.7 Å². The molecule has 0 bridgehead atoms. The molecule has 0 aromatic carbocycles. The van der Waals surface area contributed by atoms with E-state index in [1.54, 1.807) is 0 Å². The van der Waals surface area contributed by atoms with E-state index < -0.39 is 10.8 Å². The molecule has 0 radical (unpaired) electrons. The van der Waals surface area contributed by atoms with Crippen molar-refractivity contribution in [2.75, 3.05) is 0 Å². The van der Waals surface area contributed by atoms with Gasteiger partial charge in [-0.2, -0.15) is 0 Å². The normalized spacial score (nSPS) is 15.6. The first kappa shape index (κ1) is 22.1. The van der Waals surface area contributed by atoms with E-state index in [1.165, 1.54) is 77.0 Å². The minimum Gasteiger partial charge on any atom is -0.259 e. The highest BCUT2D eigenvalue weighted by atomic mass is 32.2. The van der Waals surface area contributed by atoms with E-state index in [0.29, 0.717) is 10.5 Å². The van der Waals surface area contributed by atoms with Crippen molar-refractivity contribution in [3.63, 3.8) is 0 Å². The van der Waals surface area contributed by atoms with Gasteiger partial charge in [0, 0.05) is 21.3 Å². The SMILES string of the molecule is CCCCCCCC(CC)S(=O)C(CC)CCCCCCC. The van der Waals surface area contributed by atoms with Crippen LogP contribution in [0.3, 0.4) is 0 Å². The zero-order chi connectivity index (χ0) is 16.6. The summed E-state index contributed by atoms with van der Waals surface area (Å²) in [5.41, 5.74) is 0. The molecule has 2 unspecified atom stereocenters. The third-order valence-corrected chi connectivity index (χ3v) is 7.28. The van der Waals surface area contributed by atoms with Crippen molar-refractivity contribution < 1.29 is 4.21 Å².